The molecule has 2 rings (SSSR count). The summed E-state index contributed by atoms with van der Waals surface area (Å²) >= 11 is 5.93. The third kappa shape index (κ3) is 2.97. The minimum Gasteiger partial charge on any atom is -0.349 e. The second-order valence-corrected chi connectivity index (χ2v) is 5.25. The average molecular weight is 253 g/mol. The average Bonchev–Trinajstić information content (AvgIpc) is 2.22. The van der Waals surface area contributed by atoms with Crippen LogP contribution >= 0.6 is 11.6 Å². The Balaban J connectivity index is 2.15. The van der Waals surface area contributed by atoms with Crippen LogP contribution in [0.3, 0.4) is 0 Å². The van der Waals surface area contributed by atoms with E-state index in [0.29, 0.717) is 16.8 Å². The highest BCUT2D eigenvalue weighted by Gasteiger charge is 2.20. The van der Waals surface area contributed by atoms with Crippen LogP contribution in [-0.2, 0) is 0 Å². The number of hydrogen-bond donors (Lipinski definition) is 1. The lowest BCUT2D eigenvalue weighted by Gasteiger charge is -2.26. The van der Waals surface area contributed by atoms with Crippen LogP contribution in [0.2, 0.25) is 5.15 Å². The molecule has 0 saturated heterocycles. The van der Waals surface area contributed by atoms with Gasteiger partial charge in [-0.05, 0) is 37.3 Å². The molecule has 1 N–H and O–H groups in total. The Hall–Kier alpha value is -1.09. The number of nitrogens with one attached hydrogen (secondary N) is 1. The highest BCUT2D eigenvalue weighted by Crippen LogP contribution is 2.20. The number of carbonyl (C=O) groups excluding carboxylic acids is 1. The van der Waals surface area contributed by atoms with Crippen LogP contribution in [0.15, 0.2) is 12.1 Å². The van der Waals surface area contributed by atoms with Gasteiger partial charge in [-0.15, -0.1) is 0 Å². The summed E-state index contributed by atoms with van der Waals surface area (Å²) in [6.45, 7) is 4.07. The van der Waals surface area contributed by atoms with Crippen LogP contribution < -0.4 is 5.32 Å². The third-order valence-electron chi connectivity index (χ3n) is 3.11. The van der Waals surface area contributed by atoms with Gasteiger partial charge < -0.3 is 5.32 Å². The van der Waals surface area contributed by atoms with Gasteiger partial charge in [-0.3, -0.25) is 4.79 Å². The van der Waals surface area contributed by atoms with E-state index in [4.69, 9.17) is 11.6 Å². The van der Waals surface area contributed by atoms with Gasteiger partial charge in [0.2, 0.25) is 0 Å². The van der Waals surface area contributed by atoms with Crippen molar-refractivity contribution >= 4 is 17.5 Å². The minimum atomic E-state index is -0.0408. The molecule has 1 heterocycles. The quantitative estimate of drug-likeness (QED) is 0.840. The molecule has 92 valence electrons. The Morgan fingerprint density at radius 3 is 2.71 bits per heavy atom. The van der Waals surface area contributed by atoms with Gasteiger partial charge in [0.05, 0.1) is 0 Å². The summed E-state index contributed by atoms with van der Waals surface area (Å²) in [4.78, 5) is 16.2. The van der Waals surface area contributed by atoms with Crippen LogP contribution in [0.5, 0.6) is 0 Å². The first kappa shape index (κ1) is 12.4. The monoisotopic (exact) mass is 252 g/mol. The van der Waals surface area contributed by atoms with Crippen LogP contribution in [0.1, 0.15) is 55.1 Å². The highest BCUT2D eigenvalue weighted by atomic mass is 35.5. The van der Waals surface area contributed by atoms with Crippen LogP contribution in [0.4, 0.5) is 0 Å². The van der Waals surface area contributed by atoms with E-state index in [1.165, 1.54) is 6.42 Å². The Kier molecular flexibility index (Phi) is 3.67. The zero-order valence-electron chi connectivity index (χ0n) is 10.2. The lowest BCUT2D eigenvalue weighted by molar-refractivity contribution is 0.0916. The van der Waals surface area contributed by atoms with E-state index in [1.54, 1.807) is 6.07 Å². The Bertz CT molecular complexity index is 427. The molecule has 1 aromatic heterocycles. The van der Waals surface area contributed by atoms with E-state index in [2.05, 4.69) is 10.3 Å². The molecule has 1 aliphatic carbocycles. The molecule has 4 heteroatoms. The normalized spacial score (nSPS) is 15.8. The molecule has 0 aliphatic heterocycles. The molecule has 0 spiro atoms. The van der Waals surface area contributed by atoms with Crippen molar-refractivity contribution in [3.63, 3.8) is 0 Å². The van der Waals surface area contributed by atoms with Gasteiger partial charge in [0.15, 0.2) is 0 Å². The maximum absolute atomic E-state index is 12.0. The molecule has 1 aliphatic rings. The topological polar surface area (TPSA) is 42.0 Å². The molecule has 1 amide bonds. The SMILES string of the molecule is CC(C)c1cc(C(=O)NC2CCC2)cc(Cl)n1. The fourth-order valence-electron chi connectivity index (χ4n) is 1.77. The number of nitrogens with zero attached hydrogens (tertiary/aromatic N) is 1. The third-order valence-corrected chi connectivity index (χ3v) is 3.30. The molecule has 0 radical (unpaired) electrons. The zero-order chi connectivity index (χ0) is 12.4. The van der Waals surface area contributed by atoms with E-state index < -0.39 is 0 Å². The van der Waals surface area contributed by atoms with Crippen molar-refractivity contribution < 1.29 is 4.79 Å². The molecule has 1 aromatic rings. The first-order valence-corrected chi connectivity index (χ1v) is 6.42. The number of aromatic nitrogens is 1. The van der Waals surface area contributed by atoms with E-state index in [9.17, 15) is 4.79 Å². The molecule has 17 heavy (non-hydrogen) atoms. The van der Waals surface area contributed by atoms with Crippen molar-refractivity contribution in [2.75, 3.05) is 0 Å². The second-order valence-electron chi connectivity index (χ2n) is 4.86. The van der Waals surface area contributed by atoms with Crippen molar-refractivity contribution in [2.45, 2.75) is 45.1 Å². The summed E-state index contributed by atoms with van der Waals surface area (Å²) in [5, 5.41) is 3.38. The summed E-state index contributed by atoms with van der Waals surface area (Å²) in [7, 11) is 0. The lowest BCUT2D eigenvalue weighted by Crippen LogP contribution is -2.39. The Morgan fingerprint density at radius 2 is 2.18 bits per heavy atom. The molecule has 1 fully saturated rings. The Labute approximate surface area is 107 Å². The number of halogens is 1. The smallest absolute Gasteiger partial charge is 0.251 e. The van der Waals surface area contributed by atoms with Gasteiger partial charge in [0, 0.05) is 17.3 Å². The summed E-state index contributed by atoms with van der Waals surface area (Å²) in [5.74, 6) is 0.227. The largest absolute Gasteiger partial charge is 0.349 e. The Morgan fingerprint density at radius 1 is 1.47 bits per heavy atom. The highest BCUT2D eigenvalue weighted by molar-refractivity contribution is 6.29. The van der Waals surface area contributed by atoms with Gasteiger partial charge in [-0.2, -0.15) is 0 Å². The van der Waals surface area contributed by atoms with Crippen molar-refractivity contribution in [3.05, 3.63) is 28.5 Å². The van der Waals surface area contributed by atoms with Crippen molar-refractivity contribution in [1.29, 1.82) is 0 Å². The van der Waals surface area contributed by atoms with Crippen molar-refractivity contribution in [1.82, 2.24) is 10.3 Å². The summed E-state index contributed by atoms with van der Waals surface area (Å²) in [6, 6.07) is 3.79. The number of pyridine rings is 1. The molecule has 0 atom stereocenters. The fraction of sp³-hybridized carbons (Fsp3) is 0.538. The number of carbonyl (C=O) groups is 1. The summed E-state index contributed by atoms with van der Waals surface area (Å²) < 4.78 is 0. The van der Waals surface area contributed by atoms with E-state index >= 15 is 0 Å². The standard InChI is InChI=1S/C13H17ClN2O/c1-8(2)11-6-9(7-12(14)16-11)13(17)15-10-4-3-5-10/h6-8,10H,3-5H2,1-2H3,(H,15,17). The van der Waals surface area contributed by atoms with Gasteiger partial charge in [0.1, 0.15) is 5.15 Å². The maximum Gasteiger partial charge on any atom is 0.251 e. The zero-order valence-corrected chi connectivity index (χ0v) is 10.9. The lowest BCUT2D eigenvalue weighted by atomic mass is 9.93. The molecule has 3 nitrogen and oxygen atoms in total. The predicted octanol–water partition coefficient (Wildman–Crippen LogP) is 3.14. The number of rotatable bonds is 3. The van der Waals surface area contributed by atoms with Crippen molar-refractivity contribution in [2.24, 2.45) is 0 Å². The minimum absolute atomic E-state index is 0.0408. The second kappa shape index (κ2) is 5.05. The molecular formula is C13H17ClN2O. The first-order chi connectivity index (χ1) is 8.06. The van der Waals surface area contributed by atoms with E-state index in [1.807, 2.05) is 19.9 Å². The van der Waals surface area contributed by atoms with Crippen molar-refractivity contribution in [3.8, 4) is 0 Å². The van der Waals surface area contributed by atoms with Crippen LogP contribution in [0.25, 0.3) is 0 Å². The van der Waals surface area contributed by atoms with E-state index in [0.717, 1.165) is 18.5 Å². The van der Waals surface area contributed by atoms with E-state index in [-0.39, 0.29) is 11.8 Å². The van der Waals surface area contributed by atoms with Gasteiger partial charge >= 0.3 is 0 Å². The van der Waals surface area contributed by atoms with Gasteiger partial charge in [-0.1, -0.05) is 25.4 Å². The summed E-state index contributed by atoms with van der Waals surface area (Å²) in [5.41, 5.74) is 1.47. The molecule has 0 unspecified atom stereocenters. The maximum atomic E-state index is 12.0. The fourth-order valence-corrected chi connectivity index (χ4v) is 1.98. The predicted molar refractivity (Wildman–Crippen MR) is 68.4 cm³/mol. The molecular weight excluding hydrogens is 236 g/mol. The van der Waals surface area contributed by atoms with Gasteiger partial charge in [0.25, 0.3) is 5.91 Å². The number of hydrogen-bond acceptors (Lipinski definition) is 2. The molecule has 1 saturated carbocycles. The first-order valence-electron chi connectivity index (χ1n) is 6.04. The molecule has 0 bridgehead atoms. The van der Waals surface area contributed by atoms with Gasteiger partial charge in [-0.25, -0.2) is 4.98 Å². The van der Waals surface area contributed by atoms with Crippen LogP contribution in [0, 0.1) is 0 Å². The van der Waals surface area contributed by atoms with Crippen LogP contribution in [-0.4, -0.2) is 16.9 Å². The molecule has 0 aromatic carbocycles. The number of amides is 1. The summed E-state index contributed by atoms with van der Waals surface area (Å²) in [6.07, 6.45) is 3.38.